The highest BCUT2D eigenvalue weighted by Crippen LogP contribution is 2.23. The number of rotatable bonds is 5. The minimum absolute atomic E-state index is 0.717. The Morgan fingerprint density at radius 1 is 1.25 bits per heavy atom. The summed E-state index contributed by atoms with van der Waals surface area (Å²) in [5.74, 6) is 0.717. The Hall–Kier alpha value is -2.47. The van der Waals surface area contributed by atoms with E-state index in [0.29, 0.717) is 5.96 Å². The summed E-state index contributed by atoms with van der Waals surface area (Å²) < 4.78 is 0. The number of benzene rings is 1. The molecule has 3 aromatic rings. The van der Waals surface area contributed by atoms with Gasteiger partial charge in [-0.3, -0.25) is 9.98 Å². The summed E-state index contributed by atoms with van der Waals surface area (Å²) in [6, 6.07) is 10.2. The van der Waals surface area contributed by atoms with Crippen LogP contribution in [0.15, 0.2) is 46.9 Å². The Labute approximate surface area is 145 Å². The molecule has 1 aromatic carbocycles. The Kier molecular flexibility index (Phi) is 5.38. The third-order valence-corrected chi connectivity index (χ3v) is 4.23. The van der Waals surface area contributed by atoms with Crippen molar-refractivity contribution in [2.75, 3.05) is 17.2 Å². The number of aliphatic imine (C=N–C) groups is 1. The fourth-order valence-corrected chi connectivity index (χ4v) is 2.91. The first-order valence-corrected chi connectivity index (χ1v) is 8.98. The molecule has 3 rings (SSSR count). The largest absolute Gasteiger partial charge is 0.325 e. The lowest BCUT2D eigenvalue weighted by Gasteiger charge is -2.13. The molecule has 6 heteroatoms. The molecule has 0 fully saturated rings. The molecule has 0 spiro atoms. The van der Waals surface area contributed by atoms with Crippen molar-refractivity contribution in [2.45, 2.75) is 26.7 Å². The minimum Gasteiger partial charge on any atom is -0.325 e. The van der Waals surface area contributed by atoms with Crippen LogP contribution in [0.4, 0.5) is 10.8 Å². The van der Waals surface area contributed by atoms with Gasteiger partial charge in [0.15, 0.2) is 5.13 Å². The lowest BCUT2D eigenvalue weighted by Crippen LogP contribution is -2.23. The van der Waals surface area contributed by atoms with Gasteiger partial charge < -0.3 is 10.6 Å². The van der Waals surface area contributed by atoms with Crippen LogP contribution in [0.3, 0.4) is 0 Å². The number of pyridine rings is 1. The first-order valence-electron chi connectivity index (χ1n) is 8.10. The van der Waals surface area contributed by atoms with E-state index in [1.165, 1.54) is 0 Å². The number of nitrogens with zero attached hydrogens (tertiary/aromatic N) is 3. The molecule has 0 unspecified atom stereocenters. The monoisotopic (exact) mass is 339 g/mol. The van der Waals surface area contributed by atoms with E-state index in [4.69, 9.17) is 0 Å². The van der Waals surface area contributed by atoms with Crippen LogP contribution in [0.5, 0.6) is 0 Å². The molecule has 24 heavy (non-hydrogen) atoms. The number of anilines is 2. The summed E-state index contributed by atoms with van der Waals surface area (Å²) in [5, 5.41) is 10.5. The third kappa shape index (κ3) is 4.08. The van der Waals surface area contributed by atoms with Crippen LogP contribution in [0.25, 0.3) is 10.9 Å². The first kappa shape index (κ1) is 16.4. The van der Waals surface area contributed by atoms with Crippen molar-refractivity contribution in [2.24, 2.45) is 4.99 Å². The molecule has 0 radical (unpaired) electrons. The summed E-state index contributed by atoms with van der Waals surface area (Å²) in [5.41, 5.74) is 2.94. The molecule has 2 heterocycles. The summed E-state index contributed by atoms with van der Waals surface area (Å²) in [6.45, 7) is 4.94. The van der Waals surface area contributed by atoms with Gasteiger partial charge in [-0.15, -0.1) is 11.3 Å². The second-order valence-corrected chi connectivity index (χ2v) is 6.39. The molecule has 124 valence electrons. The second kappa shape index (κ2) is 7.88. The summed E-state index contributed by atoms with van der Waals surface area (Å²) in [7, 11) is 0. The van der Waals surface area contributed by atoms with E-state index in [2.05, 4.69) is 38.6 Å². The highest BCUT2D eigenvalue weighted by molar-refractivity contribution is 7.13. The zero-order chi connectivity index (χ0) is 16.8. The molecule has 0 saturated carbocycles. The molecule has 0 aliphatic rings. The average Bonchev–Trinajstić information content (AvgIpc) is 3.08. The Balaban J connectivity index is 1.90. The molecule has 2 aromatic heterocycles. The average molecular weight is 339 g/mol. The zero-order valence-electron chi connectivity index (χ0n) is 13.9. The van der Waals surface area contributed by atoms with Crippen LogP contribution >= 0.6 is 11.3 Å². The number of hydrogen-bond donors (Lipinski definition) is 2. The van der Waals surface area contributed by atoms with Crippen molar-refractivity contribution >= 4 is 39.0 Å². The number of aromatic nitrogens is 2. The number of thiazole rings is 1. The highest BCUT2D eigenvalue weighted by atomic mass is 32.1. The van der Waals surface area contributed by atoms with Crippen molar-refractivity contribution in [3.63, 3.8) is 0 Å². The fourth-order valence-electron chi connectivity index (χ4n) is 2.38. The first-order chi connectivity index (χ1) is 11.8. The zero-order valence-corrected chi connectivity index (χ0v) is 14.7. The van der Waals surface area contributed by atoms with Gasteiger partial charge in [-0.25, -0.2) is 4.98 Å². The maximum absolute atomic E-state index is 4.66. The molecular formula is C18H21N5S. The summed E-state index contributed by atoms with van der Waals surface area (Å²) in [4.78, 5) is 13.5. The van der Waals surface area contributed by atoms with Crippen molar-refractivity contribution in [3.05, 3.63) is 47.6 Å². The van der Waals surface area contributed by atoms with E-state index in [-0.39, 0.29) is 0 Å². The molecule has 5 nitrogen and oxygen atoms in total. The van der Waals surface area contributed by atoms with E-state index in [0.717, 1.165) is 46.8 Å². The van der Waals surface area contributed by atoms with Crippen LogP contribution in [-0.4, -0.2) is 22.5 Å². The Morgan fingerprint density at radius 3 is 2.92 bits per heavy atom. The molecule has 0 atom stereocenters. The van der Waals surface area contributed by atoms with Gasteiger partial charge in [-0.2, -0.15) is 0 Å². The smallest absolute Gasteiger partial charge is 0.202 e. The standard InChI is InChI=1S/C18H21N5S/c1-3-4-9-19-17(23-18-20-10-11-24-18)22-16-12-13(2)21-15-8-6-5-7-14(15)16/h5-8,10-12H,3-4,9H2,1-2H3,(H2,19,20,21,22,23). The van der Waals surface area contributed by atoms with Crippen LogP contribution in [0.1, 0.15) is 25.5 Å². The van der Waals surface area contributed by atoms with Crippen molar-refractivity contribution in [1.82, 2.24) is 9.97 Å². The molecule has 0 aliphatic carbocycles. The van der Waals surface area contributed by atoms with Crippen LogP contribution < -0.4 is 10.6 Å². The molecule has 0 amide bonds. The highest BCUT2D eigenvalue weighted by Gasteiger charge is 2.08. The predicted molar refractivity (Wildman–Crippen MR) is 103 cm³/mol. The maximum Gasteiger partial charge on any atom is 0.202 e. The number of hydrogen-bond acceptors (Lipinski definition) is 4. The Morgan fingerprint density at radius 2 is 2.12 bits per heavy atom. The van der Waals surface area contributed by atoms with E-state index >= 15 is 0 Å². The molecular weight excluding hydrogens is 318 g/mol. The second-order valence-electron chi connectivity index (χ2n) is 5.50. The number of unbranched alkanes of at least 4 members (excludes halogenated alkanes) is 1. The molecule has 0 bridgehead atoms. The van der Waals surface area contributed by atoms with Gasteiger partial charge in [0.1, 0.15) is 0 Å². The van der Waals surface area contributed by atoms with Gasteiger partial charge in [0, 0.05) is 29.2 Å². The maximum atomic E-state index is 4.66. The van der Waals surface area contributed by atoms with Crippen molar-refractivity contribution in [1.29, 1.82) is 0 Å². The van der Waals surface area contributed by atoms with Gasteiger partial charge in [0.25, 0.3) is 0 Å². The quantitative estimate of drug-likeness (QED) is 0.402. The minimum atomic E-state index is 0.717. The molecule has 0 saturated heterocycles. The van der Waals surface area contributed by atoms with Gasteiger partial charge >= 0.3 is 0 Å². The van der Waals surface area contributed by atoms with Gasteiger partial charge in [0.05, 0.1) is 11.2 Å². The molecule has 2 N–H and O–H groups in total. The normalized spacial score (nSPS) is 11.7. The lowest BCUT2D eigenvalue weighted by atomic mass is 10.1. The van der Waals surface area contributed by atoms with E-state index in [9.17, 15) is 0 Å². The van der Waals surface area contributed by atoms with Gasteiger partial charge in [-0.1, -0.05) is 31.5 Å². The van der Waals surface area contributed by atoms with Crippen molar-refractivity contribution < 1.29 is 0 Å². The fraction of sp³-hybridized carbons (Fsp3) is 0.278. The predicted octanol–water partition coefficient (Wildman–Crippen LogP) is 4.68. The Bertz CT molecular complexity index is 827. The summed E-state index contributed by atoms with van der Waals surface area (Å²) >= 11 is 1.55. The number of para-hydroxylation sites is 1. The summed E-state index contributed by atoms with van der Waals surface area (Å²) in [6.07, 6.45) is 3.95. The number of guanidine groups is 1. The SMILES string of the molecule is CCCCN=C(Nc1nccs1)Nc1cc(C)nc2ccccc12. The number of fused-ring (bicyclic) bond motifs is 1. The van der Waals surface area contributed by atoms with Gasteiger partial charge in [0.2, 0.25) is 5.96 Å². The van der Waals surface area contributed by atoms with Crippen LogP contribution in [0.2, 0.25) is 0 Å². The third-order valence-electron chi connectivity index (χ3n) is 3.54. The van der Waals surface area contributed by atoms with Crippen molar-refractivity contribution in [3.8, 4) is 0 Å². The number of nitrogens with one attached hydrogen (secondary N) is 2. The van der Waals surface area contributed by atoms with Crippen LogP contribution in [-0.2, 0) is 0 Å². The molecule has 0 aliphatic heterocycles. The van der Waals surface area contributed by atoms with E-state index in [1.807, 2.05) is 36.6 Å². The van der Waals surface area contributed by atoms with Gasteiger partial charge in [-0.05, 0) is 25.5 Å². The van der Waals surface area contributed by atoms with E-state index in [1.54, 1.807) is 17.5 Å². The van der Waals surface area contributed by atoms with E-state index < -0.39 is 0 Å². The lowest BCUT2D eigenvalue weighted by molar-refractivity contribution is 0.807. The topological polar surface area (TPSA) is 62.2 Å². The van der Waals surface area contributed by atoms with Crippen LogP contribution in [0, 0.1) is 6.92 Å². The number of aryl methyl sites for hydroxylation is 1.